The summed E-state index contributed by atoms with van der Waals surface area (Å²) < 4.78 is 0. The lowest BCUT2D eigenvalue weighted by atomic mass is 9.85. The van der Waals surface area contributed by atoms with Gasteiger partial charge in [0.15, 0.2) is 0 Å². The van der Waals surface area contributed by atoms with Crippen LogP contribution in [-0.2, 0) is 9.59 Å². The zero-order valence-electron chi connectivity index (χ0n) is 9.89. The molecule has 92 valence electrons. The number of likely N-dealkylation sites (N-methyl/N-ethyl adjacent to an activating group) is 1. The molecule has 0 aromatic carbocycles. The number of nitrogens with zero attached hydrogens (tertiary/aromatic N) is 1. The second-order valence-corrected chi connectivity index (χ2v) is 4.75. The van der Waals surface area contributed by atoms with Crippen molar-refractivity contribution in [2.75, 3.05) is 13.6 Å². The maximum absolute atomic E-state index is 11.0. The highest BCUT2D eigenvalue weighted by atomic mass is 16.4. The summed E-state index contributed by atoms with van der Waals surface area (Å²) in [5.41, 5.74) is 0. The van der Waals surface area contributed by atoms with Crippen molar-refractivity contribution in [2.45, 2.75) is 44.6 Å². The molecule has 1 saturated carbocycles. The van der Waals surface area contributed by atoms with E-state index < -0.39 is 5.97 Å². The van der Waals surface area contributed by atoms with Gasteiger partial charge >= 0.3 is 5.97 Å². The van der Waals surface area contributed by atoms with Crippen LogP contribution in [0.1, 0.15) is 38.5 Å². The molecular weight excluding hydrogens is 206 g/mol. The lowest BCUT2D eigenvalue weighted by Crippen LogP contribution is -2.38. The number of carbonyl (C=O) groups excluding carboxylic acids is 1. The quantitative estimate of drug-likeness (QED) is 0.699. The number of aliphatic carboxylic acids is 1. The Labute approximate surface area is 96.6 Å². The van der Waals surface area contributed by atoms with Gasteiger partial charge in [0.1, 0.15) is 6.29 Å². The molecule has 0 bridgehead atoms. The fourth-order valence-electron chi connectivity index (χ4n) is 2.43. The molecule has 16 heavy (non-hydrogen) atoms. The van der Waals surface area contributed by atoms with E-state index in [1.807, 2.05) is 0 Å². The highest BCUT2D eigenvalue weighted by Crippen LogP contribution is 2.27. The van der Waals surface area contributed by atoms with Gasteiger partial charge in [-0.3, -0.25) is 9.69 Å². The van der Waals surface area contributed by atoms with Crippen molar-refractivity contribution in [3.8, 4) is 0 Å². The first kappa shape index (κ1) is 13.2. The SMILES string of the molecule is CN(CC(=O)O)C(C=O)CC1CCCCC1. The average Bonchev–Trinajstić information content (AvgIpc) is 2.26. The van der Waals surface area contributed by atoms with Crippen LogP contribution in [-0.4, -0.2) is 41.9 Å². The van der Waals surface area contributed by atoms with E-state index in [0.29, 0.717) is 5.92 Å². The van der Waals surface area contributed by atoms with E-state index in [9.17, 15) is 9.59 Å². The first-order chi connectivity index (χ1) is 7.63. The highest BCUT2D eigenvalue weighted by molar-refractivity contribution is 5.70. The van der Waals surface area contributed by atoms with Crippen LogP contribution in [0.4, 0.5) is 0 Å². The number of carbonyl (C=O) groups is 2. The summed E-state index contributed by atoms with van der Waals surface area (Å²) in [6.07, 6.45) is 7.87. The number of aldehydes is 1. The fourth-order valence-corrected chi connectivity index (χ4v) is 2.43. The fraction of sp³-hybridized carbons (Fsp3) is 0.833. The molecule has 0 aromatic heterocycles. The molecule has 0 heterocycles. The van der Waals surface area contributed by atoms with Crippen molar-refractivity contribution in [3.63, 3.8) is 0 Å². The molecule has 1 unspecified atom stereocenters. The molecule has 0 aromatic rings. The van der Waals surface area contributed by atoms with E-state index in [1.165, 1.54) is 32.1 Å². The second kappa shape index (κ2) is 6.63. The Kier molecular flexibility index (Phi) is 5.46. The summed E-state index contributed by atoms with van der Waals surface area (Å²) in [7, 11) is 1.70. The van der Waals surface area contributed by atoms with Crippen LogP contribution in [0.3, 0.4) is 0 Å². The summed E-state index contributed by atoms with van der Waals surface area (Å²) in [5.74, 6) is -0.279. The van der Waals surface area contributed by atoms with Crippen LogP contribution in [0.2, 0.25) is 0 Å². The molecule has 4 nitrogen and oxygen atoms in total. The van der Waals surface area contributed by atoms with Gasteiger partial charge in [0, 0.05) is 0 Å². The molecule has 0 saturated heterocycles. The molecule has 0 aliphatic heterocycles. The van der Waals surface area contributed by atoms with E-state index >= 15 is 0 Å². The molecular formula is C12H21NO3. The van der Waals surface area contributed by atoms with Crippen molar-refractivity contribution < 1.29 is 14.7 Å². The van der Waals surface area contributed by atoms with E-state index in [2.05, 4.69) is 0 Å². The molecule has 0 spiro atoms. The van der Waals surface area contributed by atoms with E-state index in [1.54, 1.807) is 11.9 Å². The number of rotatable bonds is 6. The highest BCUT2D eigenvalue weighted by Gasteiger charge is 2.22. The van der Waals surface area contributed by atoms with Gasteiger partial charge in [-0.15, -0.1) is 0 Å². The normalized spacial score (nSPS) is 19.6. The molecule has 4 heteroatoms. The predicted molar refractivity (Wildman–Crippen MR) is 61.3 cm³/mol. The zero-order valence-corrected chi connectivity index (χ0v) is 9.89. The Balaban J connectivity index is 2.40. The molecule has 0 radical (unpaired) electrons. The van der Waals surface area contributed by atoms with Crippen molar-refractivity contribution in [1.82, 2.24) is 4.90 Å². The number of carboxylic acids is 1. The van der Waals surface area contributed by atoms with E-state index in [-0.39, 0.29) is 12.6 Å². The Morgan fingerprint density at radius 1 is 1.44 bits per heavy atom. The van der Waals surface area contributed by atoms with Crippen LogP contribution in [0, 0.1) is 5.92 Å². The Hall–Kier alpha value is -0.900. The first-order valence-corrected chi connectivity index (χ1v) is 6.00. The second-order valence-electron chi connectivity index (χ2n) is 4.75. The molecule has 1 N–H and O–H groups in total. The minimum Gasteiger partial charge on any atom is -0.480 e. The minimum absolute atomic E-state index is 0.0594. The molecule has 1 aliphatic rings. The van der Waals surface area contributed by atoms with E-state index in [4.69, 9.17) is 5.11 Å². The Bertz CT molecular complexity index is 236. The van der Waals surface area contributed by atoms with Crippen LogP contribution in [0.25, 0.3) is 0 Å². The largest absolute Gasteiger partial charge is 0.480 e. The Morgan fingerprint density at radius 3 is 2.56 bits per heavy atom. The smallest absolute Gasteiger partial charge is 0.317 e. The maximum atomic E-state index is 11.0. The van der Waals surface area contributed by atoms with Gasteiger partial charge in [-0.1, -0.05) is 32.1 Å². The molecule has 1 aliphatic carbocycles. The van der Waals surface area contributed by atoms with Crippen LogP contribution in [0.5, 0.6) is 0 Å². The number of hydrogen-bond acceptors (Lipinski definition) is 3. The Morgan fingerprint density at radius 2 is 2.06 bits per heavy atom. The van der Waals surface area contributed by atoms with Crippen molar-refractivity contribution >= 4 is 12.3 Å². The van der Waals surface area contributed by atoms with Gasteiger partial charge in [-0.2, -0.15) is 0 Å². The van der Waals surface area contributed by atoms with Gasteiger partial charge in [0.25, 0.3) is 0 Å². The predicted octanol–water partition coefficient (Wildman–Crippen LogP) is 1.54. The lowest BCUT2D eigenvalue weighted by Gasteiger charge is -2.28. The van der Waals surface area contributed by atoms with Crippen LogP contribution in [0.15, 0.2) is 0 Å². The molecule has 0 amide bonds. The minimum atomic E-state index is -0.877. The topological polar surface area (TPSA) is 57.6 Å². The summed E-state index contributed by atoms with van der Waals surface area (Å²) in [5, 5.41) is 8.68. The van der Waals surface area contributed by atoms with Crippen LogP contribution < -0.4 is 0 Å². The van der Waals surface area contributed by atoms with Gasteiger partial charge in [0.2, 0.25) is 0 Å². The molecule has 1 atom stereocenters. The van der Waals surface area contributed by atoms with Gasteiger partial charge in [0.05, 0.1) is 12.6 Å². The summed E-state index contributed by atoms with van der Waals surface area (Å²) >= 11 is 0. The average molecular weight is 227 g/mol. The summed E-state index contributed by atoms with van der Waals surface area (Å²) in [6, 6.07) is -0.237. The third-order valence-corrected chi connectivity index (χ3v) is 3.41. The standard InChI is InChI=1S/C12H21NO3/c1-13(8-12(15)16)11(9-14)7-10-5-3-2-4-6-10/h9-11H,2-8H2,1H3,(H,15,16). The number of carboxylic acid groups (broad SMARTS) is 1. The lowest BCUT2D eigenvalue weighted by molar-refractivity contribution is -0.138. The van der Waals surface area contributed by atoms with Crippen LogP contribution >= 0.6 is 0 Å². The van der Waals surface area contributed by atoms with Gasteiger partial charge in [-0.05, 0) is 19.4 Å². The van der Waals surface area contributed by atoms with E-state index in [0.717, 1.165) is 12.7 Å². The zero-order chi connectivity index (χ0) is 12.0. The monoisotopic (exact) mass is 227 g/mol. The number of hydrogen-bond donors (Lipinski definition) is 1. The summed E-state index contributed by atoms with van der Waals surface area (Å²) in [6.45, 7) is -0.0594. The third-order valence-electron chi connectivity index (χ3n) is 3.41. The van der Waals surface area contributed by atoms with Crippen molar-refractivity contribution in [3.05, 3.63) is 0 Å². The molecule has 1 rings (SSSR count). The third kappa shape index (κ3) is 4.31. The molecule has 1 fully saturated rings. The van der Waals surface area contributed by atoms with Gasteiger partial charge < -0.3 is 9.90 Å². The van der Waals surface area contributed by atoms with Crippen molar-refractivity contribution in [1.29, 1.82) is 0 Å². The van der Waals surface area contributed by atoms with Gasteiger partial charge in [-0.25, -0.2) is 0 Å². The van der Waals surface area contributed by atoms with Crippen molar-refractivity contribution in [2.24, 2.45) is 5.92 Å². The summed E-state index contributed by atoms with van der Waals surface area (Å²) in [4.78, 5) is 23.2. The maximum Gasteiger partial charge on any atom is 0.317 e. The first-order valence-electron chi connectivity index (χ1n) is 6.00.